The molecule has 0 radical (unpaired) electrons. The summed E-state index contributed by atoms with van der Waals surface area (Å²) in [5.74, 6) is 0.313. The van der Waals surface area contributed by atoms with E-state index in [1.165, 1.54) is 25.5 Å². The summed E-state index contributed by atoms with van der Waals surface area (Å²) in [7, 11) is 1.42. The molecule has 23 heavy (non-hydrogen) atoms. The summed E-state index contributed by atoms with van der Waals surface area (Å²) in [5, 5.41) is 13.6. The highest BCUT2D eigenvalue weighted by Crippen LogP contribution is 2.32. The number of hydrogen-bond donors (Lipinski definition) is 2. The molecular weight excluding hydrogens is 424 g/mol. The Balaban J connectivity index is 2.15. The van der Waals surface area contributed by atoms with Gasteiger partial charge in [0.1, 0.15) is 0 Å². The first-order valence-corrected chi connectivity index (χ1v) is 7.42. The van der Waals surface area contributed by atoms with Crippen LogP contribution in [0, 0.1) is 3.57 Å². The van der Waals surface area contributed by atoms with E-state index in [2.05, 4.69) is 10.5 Å². The van der Waals surface area contributed by atoms with Crippen LogP contribution in [0.15, 0.2) is 41.5 Å². The lowest BCUT2D eigenvalue weighted by Crippen LogP contribution is -2.05. The van der Waals surface area contributed by atoms with Crippen LogP contribution >= 0.6 is 22.6 Å². The molecule has 2 aromatic rings. The SMILES string of the molecule is COc1cc(C=NNc2cccc(C(F)(F)F)c2)cc(I)c1O. The Kier molecular flexibility index (Phi) is 5.34. The average Bonchev–Trinajstić information content (AvgIpc) is 2.50. The predicted molar refractivity (Wildman–Crippen MR) is 90.0 cm³/mol. The quantitative estimate of drug-likeness (QED) is 0.423. The van der Waals surface area contributed by atoms with Crippen molar-refractivity contribution in [2.24, 2.45) is 5.10 Å². The van der Waals surface area contributed by atoms with Crippen LogP contribution in [-0.2, 0) is 6.18 Å². The molecule has 0 spiro atoms. The van der Waals surface area contributed by atoms with Crippen LogP contribution in [0.5, 0.6) is 11.5 Å². The maximum Gasteiger partial charge on any atom is 0.416 e. The highest BCUT2D eigenvalue weighted by atomic mass is 127. The summed E-state index contributed by atoms with van der Waals surface area (Å²) < 4.78 is 43.4. The minimum atomic E-state index is -4.40. The van der Waals surface area contributed by atoms with Crippen molar-refractivity contribution in [2.75, 3.05) is 12.5 Å². The molecule has 0 saturated heterocycles. The first-order valence-electron chi connectivity index (χ1n) is 6.34. The molecule has 2 aromatic carbocycles. The van der Waals surface area contributed by atoms with Crippen molar-refractivity contribution >= 4 is 34.5 Å². The molecule has 0 fully saturated rings. The molecule has 0 aliphatic carbocycles. The fourth-order valence-corrected chi connectivity index (χ4v) is 2.40. The molecule has 0 amide bonds. The zero-order valence-electron chi connectivity index (χ0n) is 11.9. The Morgan fingerprint density at radius 2 is 2.00 bits per heavy atom. The highest BCUT2D eigenvalue weighted by molar-refractivity contribution is 14.1. The Morgan fingerprint density at radius 3 is 2.65 bits per heavy atom. The summed E-state index contributed by atoms with van der Waals surface area (Å²) in [4.78, 5) is 0. The van der Waals surface area contributed by atoms with E-state index in [0.717, 1.165) is 12.1 Å². The van der Waals surface area contributed by atoms with Gasteiger partial charge in [0, 0.05) is 0 Å². The molecule has 122 valence electrons. The first kappa shape index (κ1) is 17.4. The van der Waals surface area contributed by atoms with Crippen molar-refractivity contribution in [3.8, 4) is 11.5 Å². The fraction of sp³-hybridized carbons (Fsp3) is 0.133. The van der Waals surface area contributed by atoms with Crippen molar-refractivity contribution in [3.05, 3.63) is 51.1 Å². The molecule has 0 aliphatic rings. The van der Waals surface area contributed by atoms with Gasteiger partial charge in [-0.15, -0.1) is 0 Å². The predicted octanol–water partition coefficient (Wildman–Crippen LogP) is 4.47. The van der Waals surface area contributed by atoms with Crippen LogP contribution in [-0.4, -0.2) is 18.4 Å². The maximum atomic E-state index is 12.6. The van der Waals surface area contributed by atoms with Gasteiger partial charge in [0.2, 0.25) is 0 Å². The van der Waals surface area contributed by atoms with Crippen molar-refractivity contribution in [2.45, 2.75) is 6.18 Å². The third-order valence-corrected chi connectivity index (χ3v) is 3.69. The lowest BCUT2D eigenvalue weighted by Gasteiger charge is -2.08. The van der Waals surface area contributed by atoms with Gasteiger partial charge in [0.05, 0.1) is 28.1 Å². The fourth-order valence-electron chi connectivity index (χ4n) is 1.77. The van der Waals surface area contributed by atoms with Crippen LogP contribution in [0.4, 0.5) is 18.9 Å². The monoisotopic (exact) mass is 436 g/mol. The van der Waals surface area contributed by atoms with Crippen LogP contribution in [0.3, 0.4) is 0 Å². The Hall–Kier alpha value is -1.97. The van der Waals surface area contributed by atoms with Gasteiger partial charge in [-0.3, -0.25) is 5.43 Å². The second kappa shape index (κ2) is 7.07. The number of benzene rings is 2. The molecule has 0 heterocycles. The van der Waals surface area contributed by atoms with Gasteiger partial charge in [0.25, 0.3) is 0 Å². The Labute approximate surface area is 144 Å². The van der Waals surface area contributed by atoms with Crippen LogP contribution in [0.2, 0.25) is 0 Å². The largest absolute Gasteiger partial charge is 0.504 e. The summed E-state index contributed by atoms with van der Waals surface area (Å²) in [6.07, 6.45) is -2.98. The van der Waals surface area contributed by atoms with Crippen molar-refractivity contribution in [3.63, 3.8) is 0 Å². The first-order chi connectivity index (χ1) is 10.8. The lowest BCUT2D eigenvalue weighted by atomic mass is 10.2. The van der Waals surface area contributed by atoms with Gasteiger partial charge in [-0.2, -0.15) is 18.3 Å². The second-order valence-electron chi connectivity index (χ2n) is 4.50. The van der Waals surface area contributed by atoms with Crippen LogP contribution in [0.1, 0.15) is 11.1 Å². The van der Waals surface area contributed by atoms with E-state index in [9.17, 15) is 18.3 Å². The summed E-state index contributed by atoms with van der Waals surface area (Å²) in [5.41, 5.74) is 2.64. The minimum absolute atomic E-state index is 0.0242. The smallest absolute Gasteiger partial charge is 0.416 e. The van der Waals surface area contributed by atoms with Gasteiger partial charge >= 0.3 is 6.18 Å². The zero-order valence-corrected chi connectivity index (χ0v) is 14.0. The molecular formula is C15H12F3IN2O2. The third kappa shape index (κ3) is 4.50. The minimum Gasteiger partial charge on any atom is -0.504 e. The van der Waals surface area contributed by atoms with E-state index in [1.54, 1.807) is 12.1 Å². The Bertz CT molecular complexity index is 733. The molecule has 0 aliphatic heterocycles. The number of nitrogens with zero attached hydrogens (tertiary/aromatic N) is 1. The number of hydrogen-bond acceptors (Lipinski definition) is 4. The van der Waals surface area contributed by atoms with Crippen molar-refractivity contribution in [1.82, 2.24) is 0 Å². The number of nitrogens with one attached hydrogen (secondary N) is 1. The second-order valence-corrected chi connectivity index (χ2v) is 5.66. The molecule has 0 saturated carbocycles. The molecule has 2 rings (SSSR count). The van der Waals surface area contributed by atoms with Gasteiger partial charge in [-0.1, -0.05) is 6.07 Å². The van der Waals surface area contributed by atoms with Gasteiger partial charge in [-0.05, 0) is 58.5 Å². The molecule has 0 atom stereocenters. The lowest BCUT2D eigenvalue weighted by molar-refractivity contribution is -0.137. The standard InChI is InChI=1S/C15H12F3IN2O2/c1-23-13-6-9(5-12(19)14(13)22)8-20-21-11-4-2-3-10(7-11)15(16,17)18/h2-8,21-22H,1H3. The molecule has 0 bridgehead atoms. The summed E-state index contributed by atoms with van der Waals surface area (Å²) in [6, 6.07) is 7.96. The number of rotatable bonds is 4. The molecule has 2 N–H and O–H groups in total. The van der Waals surface area contributed by atoms with Crippen LogP contribution < -0.4 is 10.2 Å². The van der Waals surface area contributed by atoms with Gasteiger partial charge in [-0.25, -0.2) is 0 Å². The third-order valence-electron chi connectivity index (χ3n) is 2.87. The number of aromatic hydroxyl groups is 1. The van der Waals surface area contributed by atoms with Gasteiger partial charge < -0.3 is 9.84 Å². The highest BCUT2D eigenvalue weighted by Gasteiger charge is 2.30. The number of alkyl halides is 3. The number of anilines is 1. The topological polar surface area (TPSA) is 53.8 Å². The van der Waals surface area contributed by atoms with E-state index < -0.39 is 11.7 Å². The maximum absolute atomic E-state index is 12.6. The number of ether oxygens (including phenoxy) is 1. The average molecular weight is 436 g/mol. The number of halogens is 4. The van der Waals surface area contributed by atoms with E-state index in [-0.39, 0.29) is 17.2 Å². The summed E-state index contributed by atoms with van der Waals surface area (Å²) in [6.45, 7) is 0. The number of methoxy groups -OCH3 is 1. The Morgan fingerprint density at radius 1 is 1.26 bits per heavy atom. The molecule has 8 heteroatoms. The molecule has 0 unspecified atom stereocenters. The zero-order chi connectivity index (χ0) is 17.0. The van der Waals surface area contributed by atoms with E-state index in [4.69, 9.17) is 4.74 Å². The number of phenols is 1. The van der Waals surface area contributed by atoms with E-state index >= 15 is 0 Å². The van der Waals surface area contributed by atoms with E-state index in [0.29, 0.717) is 9.13 Å². The van der Waals surface area contributed by atoms with Crippen molar-refractivity contribution < 1.29 is 23.0 Å². The normalized spacial score (nSPS) is 11.7. The number of hydrazone groups is 1. The number of phenolic OH excluding ortho intramolecular Hbond substituents is 1. The molecule has 0 aromatic heterocycles. The molecule has 4 nitrogen and oxygen atoms in total. The van der Waals surface area contributed by atoms with Crippen molar-refractivity contribution in [1.29, 1.82) is 0 Å². The summed E-state index contributed by atoms with van der Waals surface area (Å²) >= 11 is 1.94. The van der Waals surface area contributed by atoms with Gasteiger partial charge in [0.15, 0.2) is 11.5 Å². The van der Waals surface area contributed by atoms with Crippen LogP contribution in [0.25, 0.3) is 0 Å². The van der Waals surface area contributed by atoms with E-state index in [1.807, 2.05) is 22.6 Å².